The Kier molecular flexibility index (Phi) is 4.37. The minimum Gasteiger partial charge on any atom is -0.493 e. The van der Waals surface area contributed by atoms with Crippen molar-refractivity contribution in [3.8, 4) is 5.75 Å². The predicted octanol–water partition coefficient (Wildman–Crippen LogP) is 4.95. The van der Waals surface area contributed by atoms with Crippen LogP contribution in [0.4, 0.5) is 0 Å². The van der Waals surface area contributed by atoms with Crippen LogP contribution in [0.2, 0.25) is 10.0 Å². The van der Waals surface area contributed by atoms with Gasteiger partial charge in [0.05, 0.1) is 6.61 Å². The smallest absolute Gasteiger partial charge is 0.122 e. The number of hydrogen-bond donors (Lipinski definition) is 0. The van der Waals surface area contributed by atoms with Gasteiger partial charge >= 0.3 is 0 Å². The van der Waals surface area contributed by atoms with E-state index in [0.717, 1.165) is 12.4 Å². The SMILES string of the molecule is Clc1cc(Cl)cc(OCC2CCCCC2)c1. The second-order valence-electron chi connectivity index (χ2n) is 4.42. The highest BCUT2D eigenvalue weighted by atomic mass is 35.5. The number of ether oxygens (including phenoxy) is 1. The number of rotatable bonds is 3. The van der Waals surface area contributed by atoms with Crippen molar-refractivity contribution in [2.75, 3.05) is 6.61 Å². The summed E-state index contributed by atoms with van der Waals surface area (Å²) in [6.07, 6.45) is 6.62. The summed E-state index contributed by atoms with van der Waals surface area (Å²) < 4.78 is 5.74. The van der Waals surface area contributed by atoms with Crippen LogP contribution in [0.15, 0.2) is 18.2 Å². The first-order chi connectivity index (χ1) is 7.74. The molecule has 3 heteroatoms. The van der Waals surface area contributed by atoms with Gasteiger partial charge < -0.3 is 4.74 Å². The van der Waals surface area contributed by atoms with Crippen LogP contribution in [0.1, 0.15) is 32.1 Å². The van der Waals surface area contributed by atoms with E-state index in [2.05, 4.69) is 0 Å². The number of hydrogen-bond acceptors (Lipinski definition) is 1. The highest BCUT2D eigenvalue weighted by Crippen LogP contribution is 2.27. The summed E-state index contributed by atoms with van der Waals surface area (Å²) in [5, 5.41) is 1.26. The van der Waals surface area contributed by atoms with Gasteiger partial charge in [-0.05, 0) is 37.0 Å². The van der Waals surface area contributed by atoms with Gasteiger partial charge in [0.2, 0.25) is 0 Å². The van der Waals surface area contributed by atoms with Gasteiger partial charge in [0.1, 0.15) is 5.75 Å². The first kappa shape index (κ1) is 12.1. The van der Waals surface area contributed by atoms with E-state index in [9.17, 15) is 0 Å². The largest absolute Gasteiger partial charge is 0.493 e. The monoisotopic (exact) mass is 258 g/mol. The quantitative estimate of drug-likeness (QED) is 0.746. The average molecular weight is 259 g/mol. The summed E-state index contributed by atoms with van der Waals surface area (Å²) in [5.41, 5.74) is 0. The molecule has 0 aliphatic heterocycles. The number of benzene rings is 1. The van der Waals surface area contributed by atoms with Gasteiger partial charge in [0, 0.05) is 10.0 Å². The molecular formula is C13H16Cl2O. The van der Waals surface area contributed by atoms with Crippen molar-refractivity contribution in [2.45, 2.75) is 32.1 Å². The summed E-state index contributed by atoms with van der Waals surface area (Å²) in [4.78, 5) is 0. The lowest BCUT2D eigenvalue weighted by Crippen LogP contribution is -2.15. The maximum Gasteiger partial charge on any atom is 0.122 e. The fraction of sp³-hybridized carbons (Fsp3) is 0.538. The van der Waals surface area contributed by atoms with Crippen LogP contribution in [0.5, 0.6) is 5.75 Å². The minimum atomic E-state index is 0.631. The zero-order chi connectivity index (χ0) is 11.4. The van der Waals surface area contributed by atoms with E-state index in [4.69, 9.17) is 27.9 Å². The fourth-order valence-electron chi connectivity index (χ4n) is 2.18. The maximum absolute atomic E-state index is 5.91. The summed E-state index contributed by atoms with van der Waals surface area (Å²) in [5.74, 6) is 1.48. The highest BCUT2D eigenvalue weighted by molar-refractivity contribution is 6.34. The molecule has 16 heavy (non-hydrogen) atoms. The predicted molar refractivity (Wildman–Crippen MR) is 68.5 cm³/mol. The van der Waals surface area contributed by atoms with Crippen molar-refractivity contribution in [3.05, 3.63) is 28.2 Å². The Morgan fingerprint density at radius 1 is 1.00 bits per heavy atom. The van der Waals surface area contributed by atoms with Crippen molar-refractivity contribution >= 4 is 23.2 Å². The third-order valence-corrected chi connectivity index (χ3v) is 3.48. The Hall–Kier alpha value is -0.400. The Labute approximate surface area is 107 Å². The van der Waals surface area contributed by atoms with Crippen LogP contribution in [-0.2, 0) is 0 Å². The molecular weight excluding hydrogens is 243 g/mol. The number of halogens is 2. The first-order valence-electron chi connectivity index (χ1n) is 5.83. The molecule has 1 saturated carbocycles. The van der Waals surface area contributed by atoms with Gasteiger partial charge in [0.15, 0.2) is 0 Å². The molecule has 0 spiro atoms. The van der Waals surface area contributed by atoms with Gasteiger partial charge in [-0.1, -0.05) is 42.5 Å². The molecule has 1 aromatic carbocycles. The average Bonchev–Trinajstić information content (AvgIpc) is 2.27. The van der Waals surface area contributed by atoms with Crippen LogP contribution in [0.3, 0.4) is 0 Å². The van der Waals surface area contributed by atoms with Crippen molar-refractivity contribution in [1.29, 1.82) is 0 Å². The van der Waals surface area contributed by atoms with Crippen LogP contribution >= 0.6 is 23.2 Å². The van der Waals surface area contributed by atoms with Crippen molar-refractivity contribution in [1.82, 2.24) is 0 Å². The lowest BCUT2D eigenvalue weighted by molar-refractivity contribution is 0.209. The van der Waals surface area contributed by atoms with Crippen molar-refractivity contribution in [2.24, 2.45) is 5.92 Å². The molecule has 0 atom stereocenters. The van der Waals surface area contributed by atoms with E-state index < -0.39 is 0 Å². The molecule has 2 rings (SSSR count). The highest BCUT2D eigenvalue weighted by Gasteiger charge is 2.14. The van der Waals surface area contributed by atoms with Gasteiger partial charge in [-0.3, -0.25) is 0 Å². The van der Waals surface area contributed by atoms with E-state index in [0.29, 0.717) is 16.0 Å². The van der Waals surface area contributed by atoms with Crippen LogP contribution in [0, 0.1) is 5.92 Å². The maximum atomic E-state index is 5.91. The topological polar surface area (TPSA) is 9.23 Å². The first-order valence-corrected chi connectivity index (χ1v) is 6.58. The second kappa shape index (κ2) is 5.79. The lowest BCUT2D eigenvalue weighted by Gasteiger charge is -2.21. The molecule has 1 aromatic rings. The normalized spacial score (nSPS) is 17.4. The van der Waals surface area contributed by atoms with E-state index in [1.54, 1.807) is 6.07 Å². The van der Waals surface area contributed by atoms with E-state index >= 15 is 0 Å². The van der Waals surface area contributed by atoms with Crippen LogP contribution < -0.4 is 4.74 Å². The molecule has 0 radical (unpaired) electrons. The Morgan fingerprint density at radius 3 is 2.25 bits per heavy atom. The zero-order valence-electron chi connectivity index (χ0n) is 9.22. The van der Waals surface area contributed by atoms with Gasteiger partial charge in [-0.2, -0.15) is 0 Å². The Bertz CT molecular complexity index is 326. The molecule has 1 aliphatic rings. The molecule has 0 aromatic heterocycles. The molecule has 1 aliphatic carbocycles. The van der Waals surface area contributed by atoms with Crippen molar-refractivity contribution < 1.29 is 4.74 Å². The molecule has 0 unspecified atom stereocenters. The standard InChI is InChI=1S/C13H16Cl2O/c14-11-6-12(15)8-13(7-11)16-9-10-4-2-1-3-5-10/h6-8,10H,1-5,9H2. The summed E-state index contributed by atoms with van der Waals surface area (Å²) in [6, 6.07) is 5.35. The summed E-state index contributed by atoms with van der Waals surface area (Å²) in [6.45, 7) is 0.788. The Balaban J connectivity index is 1.88. The molecule has 0 heterocycles. The fourth-order valence-corrected chi connectivity index (χ4v) is 2.69. The second-order valence-corrected chi connectivity index (χ2v) is 5.29. The van der Waals surface area contributed by atoms with E-state index in [1.807, 2.05) is 12.1 Å². The third-order valence-electron chi connectivity index (χ3n) is 3.05. The summed E-state index contributed by atoms with van der Waals surface area (Å²) in [7, 11) is 0. The van der Waals surface area contributed by atoms with Gasteiger partial charge in [-0.15, -0.1) is 0 Å². The molecule has 0 bridgehead atoms. The van der Waals surface area contributed by atoms with Gasteiger partial charge in [0.25, 0.3) is 0 Å². The molecule has 0 N–H and O–H groups in total. The van der Waals surface area contributed by atoms with Crippen molar-refractivity contribution in [3.63, 3.8) is 0 Å². The molecule has 0 saturated heterocycles. The molecule has 1 nitrogen and oxygen atoms in total. The lowest BCUT2D eigenvalue weighted by atomic mass is 9.90. The van der Waals surface area contributed by atoms with E-state index in [-0.39, 0.29) is 0 Å². The van der Waals surface area contributed by atoms with Crippen LogP contribution in [-0.4, -0.2) is 6.61 Å². The molecule has 1 fully saturated rings. The third kappa shape index (κ3) is 3.57. The Morgan fingerprint density at radius 2 is 1.62 bits per heavy atom. The molecule has 0 amide bonds. The van der Waals surface area contributed by atoms with E-state index in [1.165, 1.54) is 32.1 Å². The van der Waals surface area contributed by atoms with Crippen LogP contribution in [0.25, 0.3) is 0 Å². The molecule has 88 valence electrons. The minimum absolute atomic E-state index is 0.631. The van der Waals surface area contributed by atoms with Gasteiger partial charge in [-0.25, -0.2) is 0 Å². The summed E-state index contributed by atoms with van der Waals surface area (Å²) >= 11 is 11.8. The zero-order valence-corrected chi connectivity index (χ0v) is 10.7.